The van der Waals surface area contributed by atoms with Gasteiger partial charge in [-0.1, -0.05) is 60.7 Å². The average molecular weight is 334 g/mol. The van der Waals surface area contributed by atoms with Gasteiger partial charge in [0.1, 0.15) is 0 Å². The molecule has 4 aliphatic heterocycles. The maximum absolute atomic E-state index is 11.6. The highest BCUT2D eigenvalue weighted by Crippen LogP contribution is 2.52. The molecule has 0 aromatic heterocycles. The second-order valence-corrected chi connectivity index (χ2v) is 8.57. The van der Waals surface area contributed by atoms with E-state index in [9.17, 15) is 5.11 Å². The summed E-state index contributed by atoms with van der Waals surface area (Å²) in [6.45, 7) is 5.16. The molecule has 4 aliphatic rings. The fourth-order valence-electron chi connectivity index (χ4n) is 5.89. The van der Waals surface area contributed by atoms with E-state index in [0.29, 0.717) is 0 Å². The summed E-state index contributed by atoms with van der Waals surface area (Å²) >= 11 is 0. The van der Waals surface area contributed by atoms with Gasteiger partial charge in [-0.3, -0.25) is 9.80 Å². The number of aliphatic hydroxyl groups excluding tert-OH is 1. The Bertz CT molecular complexity index is 670. The first-order valence-electron chi connectivity index (χ1n) is 9.38. The zero-order valence-electron chi connectivity index (χ0n) is 14.6. The van der Waals surface area contributed by atoms with Gasteiger partial charge in [0.25, 0.3) is 0 Å². The number of nitrogens with zero attached hydrogens (tertiary/aromatic N) is 2. The highest BCUT2D eigenvalue weighted by molar-refractivity contribution is 5.25. The van der Waals surface area contributed by atoms with Gasteiger partial charge in [-0.05, 0) is 24.0 Å². The lowest BCUT2D eigenvalue weighted by Gasteiger charge is -2.67. The van der Waals surface area contributed by atoms with Crippen LogP contribution < -0.4 is 0 Å². The number of benzene rings is 2. The summed E-state index contributed by atoms with van der Waals surface area (Å²) in [7, 11) is 0. The Morgan fingerprint density at radius 2 is 1.12 bits per heavy atom. The first-order valence-corrected chi connectivity index (χ1v) is 9.38. The third kappa shape index (κ3) is 2.53. The van der Waals surface area contributed by atoms with Crippen LogP contribution in [0.15, 0.2) is 60.7 Å². The molecule has 130 valence electrons. The number of rotatable bonds is 4. The average Bonchev–Trinajstić information content (AvgIpc) is 2.61. The van der Waals surface area contributed by atoms with Gasteiger partial charge < -0.3 is 5.11 Å². The third-order valence-electron chi connectivity index (χ3n) is 6.51. The van der Waals surface area contributed by atoms with E-state index in [-0.39, 0.29) is 16.9 Å². The Labute approximate surface area is 149 Å². The van der Waals surface area contributed by atoms with E-state index in [0.717, 1.165) is 45.7 Å². The Hall–Kier alpha value is -1.68. The fourth-order valence-corrected chi connectivity index (χ4v) is 5.89. The maximum atomic E-state index is 11.6. The summed E-state index contributed by atoms with van der Waals surface area (Å²) in [5.74, 6) is 0. The van der Waals surface area contributed by atoms with Crippen molar-refractivity contribution >= 4 is 0 Å². The molecule has 25 heavy (non-hydrogen) atoms. The lowest BCUT2D eigenvalue weighted by molar-refractivity contribution is -0.237. The number of piperidine rings is 2. The van der Waals surface area contributed by atoms with E-state index >= 15 is 0 Å². The van der Waals surface area contributed by atoms with Gasteiger partial charge in [0.2, 0.25) is 0 Å². The molecule has 0 spiro atoms. The molecule has 0 amide bonds. The monoisotopic (exact) mass is 334 g/mol. The molecule has 3 nitrogen and oxygen atoms in total. The van der Waals surface area contributed by atoms with Crippen molar-refractivity contribution in [3.63, 3.8) is 0 Å². The third-order valence-corrected chi connectivity index (χ3v) is 6.51. The normalized spacial score (nSPS) is 38.8. The van der Waals surface area contributed by atoms with Gasteiger partial charge in [0.15, 0.2) is 0 Å². The van der Waals surface area contributed by atoms with E-state index < -0.39 is 0 Å². The molecule has 4 bridgehead atoms. The van der Waals surface area contributed by atoms with E-state index in [1.54, 1.807) is 0 Å². The van der Waals surface area contributed by atoms with Gasteiger partial charge in [0, 0.05) is 37.0 Å². The summed E-state index contributed by atoms with van der Waals surface area (Å²) in [5, 5.41) is 11.6. The van der Waals surface area contributed by atoms with E-state index in [2.05, 4.69) is 70.5 Å². The van der Waals surface area contributed by atoms with Crippen LogP contribution in [0, 0.1) is 10.8 Å². The first kappa shape index (κ1) is 15.6. The van der Waals surface area contributed by atoms with Crippen LogP contribution in [0.4, 0.5) is 0 Å². The van der Waals surface area contributed by atoms with Gasteiger partial charge in [-0.15, -0.1) is 0 Å². The molecule has 6 rings (SSSR count). The summed E-state index contributed by atoms with van der Waals surface area (Å²) in [5.41, 5.74) is 2.62. The lowest BCUT2D eigenvalue weighted by Crippen LogP contribution is -2.78. The molecule has 2 aromatic carbocycles. The Kier molecular flexibility index (Phi) is 3.53. The lowest BCUT2D eigenvalue weighted by atomic mass is 9.56. The molecule has 0 radical (unpaired) electrons. The van der Waals surface area contributed by atoms with Crippen LogP contribution in [0.3, 0.4) is 0 Å². The van der Waals surface area contributed by atoms with Crippen LogP contribution in [0.5, 0.6) is 0 Å². The largest absolute Gasteiger partial charge is 0.392 e. The molecule has 4 heterocycles. The van der Waals surface area contributed by atoms with Crippen molar-refractivity contribution in [2.45, 2.75) is 18.9 Å². The van der Waals surface area contributed by atoms with Crippen LogP contribution >= 0.6 is 0 Å². The van der Waals surface area contributed by atoms with Gasteiger partial charge >= 0.3 is 0 Å². The van der Waals surface area contributed by atoms with Gasteiger partial charge in [0.05, 0.1) is 12.8 Å². The molecule has 2 aromatic rings. The molecule has 1 N–H and O–H groups in total. The predicted octanol–water partition coefficient (Wildman–Crippen LogP) is 2.41. The number of hydrogen-bond donors (Lipinski definition) is 1. The Morgan fingerprint density at radius 1 is 0.720 bits per heavy atom. The molecule has 0 unspecified atom stereocenters. The van der Waals surface area contributed by atoms with Crippen molar-refractivity contribution in [2.24, 2.45) is 10.8 Å². The predicted molar refractivity (Wildman–Crippen MR) is 99.2 cm³/mol. The van der Waals surface area contributed by atoms with Crippen molar-refractivity contribution in [1.82, 2.24) is 9.80 Å². The van der Waals surface area contributed by atoms with Crippen molar-refractivity contribution in [3.8, 4) is 0 Å². The van der Waals surface area contributed by atoms with Crippen LogP contribution in [0.25, 0.3) is 0 Å². The van der Waals surface area contributed by atoms with Gasteiger partial charge in [-0.25, -0.2) is 0 Å². The summed E-state index contributed by atoms with van der Waals surface area (Å²) < 4.78 is 0. The zero-order chi connectivity index (χ0) is 16.9. The summed E-state index contributed by atoms with van der Waals surface area (Å²) in [4.78, 5) is 5.15. The van der Waals surface area contributed by atoms with Crippen molar-refractivity contribution in [3.05, 3.63) is 71.8 Å². The summed E-state index contributed by atoms with van der Waals surface area (Å²) in [6.07, 6.45) is 1.70. The van der Waals surface area contributed by atoms with Crippen LogP contribution in [-0.4, -0.2) is 53.9 Å². The smallest absolute Gasteiger partial charge is 0.0708 e. The number of hydrogen-bond acceptors (Lipinski definition) is 3. The number of aliphatic hydroxyl groups is 1. The van der Waals surface area contributed by atoms with E-state index in [1.807, 2.05) is 0 Å². The highest BCUT2D eigenvalue weighted by Gasteiger charge is 2.62. The minimum atomic E-state index is -0.242. The van der Waals surface area contributed by atoms with E-state index in [4.69, 9.17) is 0 Å². The molecule has 3 heteroatoms. The molecule has 0 aliphatic carbocycles. The topological polar surface area (TPSA) is 26.7 Å². The van der Waals surface area contributed by atoms with Crippen molar-refractivity contribution in [2.75, 3.05) is 32.8 Å². The second kappa shape index (κ2) is 5.66. The minimum absolute atomic E-state index is 0.0368. The second-order valence-electron chi connectivity index (χ2n) is 8.57. The SMILES string of the molecule is OC1C2(Cc3ccccc3)CN3CN(C2)CC1(Cc1ccccc1)C3. The van der Waals surface area contributed by atoms with Crippen LogP contribution in [-0.2, 0) is 12.8 Å². The zero-order valence-corrected chi connectivity index (χ0v) is 14.6. The molecule has 0 atom stereocenters. The molecular formula is C22H26N2O. The molecule has 4 fully saturated rings. The van der Waals surface area contributed by atoms with E-state index in [1.165, 1.54) is 11.1 Å². The first-order chi connectivity index (χ1) is 12.2. The Morgan fingerprint density at radius 3 is 1.52 bits per heavy atom. The summed E-state index contributed by atoms with van der Waals surface area (Å²) in [6, 6.07) is 21.4. The quantitative estimate of drug-likeness (QED) is 0.930. The Balaban J connectivity index is 1.49. The molecular weight excluding hydrogens is 308 g/mol. The molecule has 0 saturated carbocycles. The minimum Gasteiger partial charge on any atom is -0.392 e. The van der Waals surface area contributed by atoms with Crippen LogP contribution in [0.2, 0.25) is 0 Å². The standard InChI is InChI=1S/C22H26N2O/c25-20-21(11-18-7-3-1-4-8-18)13-23-15-22(20,16-24(14-21)17-23)12-19-9-5-2-6-10-19/h1-10,20,25H,11-17H2. The maximum Gasteiger partial charge on any atom is 0.0708 e. The van der Waals surface area contributed by atoms with Crippen LogP contribution in [0.1, 0.15) is 11.1 Å². The fraction of sp³-hybridized carbons (Fsp3) is 0.455. The van der Waals surface area contributed by atoms with Gasteiger partial charge in [-0.2, -0.15) is 0 Å². The molecule has 4 saturated heterocycles. The highest BCUT2D eigenvalue weighted by atomic mass is 16.3. The van der Waals surface area contributed by atoms with Crippen molar-refractivity contribution < 1.29 is 5.11 Å². The van der Waals surface area contributed by atoms with Crippen molar-refractivity contribution in [1.29, 1.82) is 0 Å².